The van der Waals surface area contributed by atoms with E-state index in [4.69, 9.17) is 0 Å². The lowest BCUT2D eigenvalue weighted by atomic mass is 10.1. The molecule has 1 aromatic heterocycles. The highest BCUT2D eigenvalue weighted by molar-refractivity contribution is 7.99. The first-order chi connectivity index (χ1) is 7.81. The largest absolute Gasteiger partial charge is 0.313 e. The number of hydrogen-bond acceptors (Lipinski definition) is 3. The van der Waals surface area contributed by atoms with Gasteiger partial charge in [0.05, 0.1) is 0 Å². The molecule has 0 spiro atoms. The predicted molar refractivity (Wildman–Crippen MR) is 69.8 cm³/mol. The van der Waals surface area contributed by atoms with Gasteiger partial charge in [0, 0.05) is 23.1 Å². The highest BCUT2D eigenvalue weighted by Gasteiger charge is 2.19. The smallest absolute Gasteiger partial charge is 0.101 e. The molecule has 88 valence electrons. The van der Waals surface area contributed by atoms with Crippen molar-refractivity contribution in [2.24, 2.45) is 0 Å². The van der Waals surface area contributed by atoms with E-state index in [1.807, 2.05) is 31.1 Å². The van der Waals surface area contributed by atoms with Gasteiger partial charge in [0.1, 0.15) is 5.03 Å². The van der Waals surface area contributed by atoms with Crippen molar-refractivity contribution in [1.29, 1.82) is 0 Å². The number of nitrogens with zero attached hydrogens (tertiary/aromatic N) is 1. The maximum Gasteiger partial charge on any atom is 0.101 e. The molecule has 1 saturated carbocycles. The van der Waals surface area contributed by atoms with E-state index in [0.717, 1.165) is 5.25 Å². The van der Waals surface area contributed by atoms with Crippen LogP contribution in [0.25, 0.3) is 0 Å². The lowest BCUT2D eigenvalue weighted by Gasteiger charge is -2.16. The Hall–Kier alpha value is -0.540. The van der Waals surface area contributed by atoms with Gasteiger partial charge in [-0.3, -0.25) is 0 Å². The van der Waals surface area contributed by atoms with Crippen LogP contribution in [0.2, 0.25) is 0 Å². The van der Waals surface area contributed by atoms with Gasteiger partial charge in [-0.05, 0) is 32.9 Å². The topological polar surface area (TPSA) is 24.9 Å². The third-order valence-electron chi connectivity index (χ3n) is 3.28. The fraction of sp³-hybridized carbons (Fsp3) is 0.615. The molecule has 0 saturated heterocycles. The van der Waals surface area contributed by atoms with Crippen LogP contribution in [0.5, 0.6) is 0 Å². The van der Waals surface area contributed by atoms with E-state index in [0.29, 0.717) is 6.04 Å². The summed E-state index contributed by atoms with van der Waals surface area (Å²) < 4.78 is 0. The number of aromatic nitrogens is 1. The molecule has 16 heavy (non-hydrogen) atoms. The molecular weight excluding hydrogens is 216 g/mol. The summed E-state index contributed by atoms with van der Waals surface area (Å²) in [5.74, 6) is 0. The first-order valence-corrected chi connectivity index (χ1v) is 6.98. The summed E-state index contributed by atoms with van der Waals surface area (Å²) in [6.45, 7) is 2.19. The van der Waals surface area contributed by atoms with Crippen molar-refractivity contribution in [3.63, 3.8) is 0 Å². The van der Waals surface area contributed by atoms with Crippen LogP contribution in [0, 0.1) is 0 Å². The second-order valence-electron chi connectivity index (χ2n) is 4.43. The fourth-order valence-electron chi connectivity index (χ4n) is 2.15. The second kappa shape index (κ2) is 5.69. The monoisotopic (exact) mass is 236 g/mol. The average Bonchev–Trinajstić information content (AvgIpc) is 2.82. The molecule has 0 aliphatic heterocycles. The highest BCUT2D eigenvalue weighted by Crippen LogP contribution is 2.36. The SMILES string of the molecule is CNC(C)c1cccnc1SC1CCCC1. The molecule has 0 radical (unpaired) electrons. The van der Waals surface area contributed by atoms with Gasteiger partial charge in [-0.25, -0.2) is 4.98 Å². The molecule has 2 rings (SSSR count). The van der Waals surface area contributed by atoms with Gasteiger partial charge in [0.2, 0.25) is 0 Å². The van der Waals surface area contributed by atoms with Gasteiger partial charge in [0.25, 0.3) is 0 Å². The Bertz CT molecular complexity index is 334. The summed E-state index contributed by atoms with van der Waals surface area (Å²) in [5, 5.41) is 5.30. The number of thioether (sulfide) groups is 1. The first kappa shape index (κ1) is 11.9. The van der Waals surface area contributed by atoms with Crippen LogP contribution in [0.3, 0.4) is 0 Å². The summed E-state index contributed by atoms with van der Waals surface area (Å²) in [6.07, 6.45) is 7.40. The Morgan fingerprint density at radius 1 is 1.44 bits per heavy atom. The predicted octanol–water partition coefficient (Wildman–Crippen LogP) is 3.40. The Balaban J connectivity index is 2.12. The molecule has 1 heterocycles. The first-order valence-electron chi connectivity index (χ1n) is 6.10. The molecule has 1 fully saturated rings. The van der Waals surface area contributed by atoms with E-state index < -0.39 is 0 Å². The van der Waals surface area contributed by atoms with E-state index >= 15 is 0 Å². The Labute approximate surface area is 102 Å². The minimum absolute atomic E-state index is 0.387. The summed E-state index contributed by atoms with van der Waals surface area (Å²) in [5.41, 5.74) is 1.34. The molecule has 0 aromatic carbocycles. The molecule has 1 aromatic rings. The van der Waals surface area contributed by atoms with Crippen molar-refractivity contribution in [2.45, 2.75) is 48.9 Å². The van der Waals surface area contributed by atoms with Crippen LogP contribution >= 0.6 is 11.8 Å². The van der Waals surface area contributed by atoms with Crippen molar-refractivity contribution >= 4 is 11.8 Å². The van der Waals surface area contributed by atoms with Gasteiger partial charge >= 0.3 is 0 Å². The summed E-state index contributed by atoms with van der Waals surface area (Å²) in [7, 11) is 2.00. The lowest BCUT2D eigenvalue weighted by Crippen LogP contribution is -2.14. The molecule has 1 N–H and O–H groups in total. The van der Waals surface area contributed by atoms with Crippen LogP contribution in [-0.2, 0) is 0 Å². The minimum Gasteiger partial charge on any atom is -0.313 e. The zero-order valence-corrected chi connectivity index (χ0v) is 10.9. The van der Waals surface area contributed by atoms with Gasteiger partial charge in [0.15, 0.2) is 0 Å². The van der Waals surface area contributed by atoms with E-state index in [2.05, 4.69) is 23.3 Å². The standard InChI is InChI=1S/C13H20N2S/c1-10(14-2)12-8-5-9-15-13(12)16-11-6-3-4-7-11/h5,8-11,14H,3-4,6-7H2,1-2H3. The molecule has 1 unspecified atom stereocenters. The number of hydrogen-bond donors (Lipinski definition) is 1. The molecule has 1 aliphatic carbocycles. The molecule has 0 amide bonds. The second-order valence-corrected chi connectivity index (χ2v) is 5.72. The molecule has 3 heteroatoms. The Morgan fingerprint density at radius 3 is 2.88 bits per heavy atom. The normalized spacial score (nSPS) is 18.9. The van der Waals surface area contributed by atoms with E-state index in [9.17, 15) is 0 Å². The average molecular weight is 236 g/mol. The maximum atomic E-state index is 4.53. The van der Waals surface area contributed by atoms with E-state index in [-0.39, 0.29) is 0 Å². The van der Waals surface area contributed by atoms with Crippen molar-refractivity contribution in [1.82, 2.24) is 10.3 Å². The van der Waals surface area contributed by atoms with Gasteiger partial charge in [-0.15, -0.1) is 11.8 Å². The fourth-order valence-corrected chi connectivity index (χ4v) is 3.54. The van der Waals surface area contributed by atoms with Crippen LogP contribution < -0.4 is 5.32 Å². The van der Waals surface area contributed by atoms with E-state index in [1.165, 1.54) is 36.3 Å². The Kier molecular flexibility index (Phi) is 4.24. The molecule has 1 atom stereocenters. The molecule has 0 bridgehead atoms. The quantitative estimate of drug-likeness (QED) is 0.867. The third-order valence-corrected chi connectivity index (χ3v) is 4.65. The zero-order valence-electron chi connectivity index (χ0n) is 10.1. The van der Waals surface area contributed by atoms with Crippen molar-refractivity contribution < 1.29 is 0 Å². The van der Waals surface area contributed by atoms with Crippen LogP contribution in [0.4, 0.5) is 0 Å². The summed E-state index contributed by atoms with van der Waals surface area (Å²) in [4.78, 5) is 4.53. The third kappa shape index (κ3) is 2.77. The molecule has 2 nitrogen and oxygen atoms in total. The van der Waals surface area contributed by atoms with Crippen molar-refractivity contribution in [2.75, 3.05) is 7.05 Å². The summed E-state index contributed by atoms with van der Waals surface area (Å²) >= 11 is 1.97. The number of pyridine rings is 1. The van der Waals surface area contributed by atoms with Crippen LogP contribution in [-0.4, -0.2) is 17.3 Å². The van der Waals surface area contributed by atoms with Crippen LogP contribution in [0.15, 0.2) is 23.4 Å². The molecule has 1 aliphatic rings. The summed E-state index contributed by atoms with van der Waals surface area (Å²) in [6, 6.07) is 4.60. The van der Waals surface area contributed by atoms with Crippen LogP contribution in [0.1, 0.15) is 44.2 Å². The van der Waals surface area contributed by atoms with Gasteiger partial charge < -0.3 is 5.32 Å². The van der Waals surface area contributed by atoms with Crippen molar-refractivity contribution in [3.05, 3.63) is 23.9 Å². The van der Waals surface area contributed by atoms with Crippen molar-refractivity contribution in [3.8, 4) is 0 Å². The minimum atomic E-state index is 0.387. The lowest BCUT2D eigenvalue weighted by molar-refractivity contribution is 0.634. The van der Waals surface area contributed by atoms with E-state index in [1.54, 1.807) is 0 Å². The maximum absolute atomic E-state index is 4.53. The Morgan fingerprint density at radius 2 is 2.19 bits per heavy atom. The highest BCUT2D eigenvalue weighted by atomic mass is 32.2. The number of rotatable bonds is 4. The number of nitrogens with one attached hydrogen (secondary N) is 1. The molecular formula is C13H20N2S. The zero-order chi connectivity index (χ0) is 11.4. The van der Waals surface area contributed by atoms with Gasteiger partial charge in [-0.2, -0.15) is 0 Å². The van der Waals surface area contributed by atoms with Gasteiger partial charge in [-0.1, -0.05) is 18.9 Å².